The molecule has 0 bridgehead atoms. The molecule has 0 atom stereocenters. The van der Waals surface area contributed by atoms with Gasteiger partial charge in [-0.05, 0) is 36.6 Å². The highest BCUT2D eigenvalue weighted by atomic mass is 35.5. The molecule has 176 valence electrons. The first-order valence-electron chi connectivity index (χ1n) is 13.5. The predicted molar refractivity (Wildman–Crippen MR) is 144 cm³/mol. The van der Waals surface area contributed by atoms with Crippen LogP contribution in [-0.4, -0.2) is 4.98 Å². The third-order valence-corrected chi connectivity index (χ3v) is 7.22. The highest BCUT2D eigenvalue weighted by molar-refractivity contribution is 6.31. The number of para-hydroxylation sites is 1. The number of benzene rings is 2. The SMILES string of the molecule is CCCCCCCCCCCCCCCCCCc1cccc2c1[nH]c1ccc(Cl)cc12. The second-order valence-corrected chi connectivity index (χ2v) is 10.1. The van der Waals surface area contributed by atoms with Gasteiger partial charge in [0.05, 0.1) is 0 Å². The van der Waals surface area contributed by atoms with Gasteiger partial charge in [-0.1, -0.05) is 133 Å². The minimum atomic E-state index is 0.807. The van der Waals surface area contributed by atoms with E-state index in [4.69, 9.17) is 11.6 Å². The molecule has 1 aromatic heterocycles. The Kier molecular flexibility index (Phi) is 11.5. The summed E-state index contributed by atoms with van der Waals surface area (Å²) in [6.07, 6.45) is 23.9. The minimum Gasteiger partial charge on any atom is -0.354 e. The highest BCUT2D eigenvalue weighted by Gasteiger charge is 2.08. The van der Waals surface area contributed by atoms with Gasteiger partial charge in [-0.2, -0.15) is 0 Å². The van der Waals surface area contributed by atoms with Crippen LogP contribution < -0.4 is 0 Å². The Labute approximate surface area is 201 Å². The van der Waals surface area contributed by atoms with Crippen LogP contribution in [0.4, 0.5) is 0 Å². The van der Waals surface area contributed by atoms with E-state index in [1.807, 2.05) is 6.07 Å². The lowest BCUT2D eigenvalue weighted by atomic mass is 10.0. The highest BCUT2D eigenvalue weighted by Crippen LogP contribution is 2.30. The van der Waals surface area contributed by atoms with E-state index in [0.717, 1.165) is 11.4 Å². The van der Waals surface area contributed by atoms with Crippen molar-refractivity contribution in [1.82, 2.24) is 4.98 Å². The standard InChI is InChI=1S/C30H44ClN/c1-2-3-4-5-6-7-8-9-10-11-12-13-14-15-16-17-19-25-20-18-21-27-28-24-26(31)22-23-29(28)32-30(25)27/h18,20-24,32H,2-17,19H2,1H3. The number of H-pyrrole nitrogens is 1. The Morgan fingerprint density at radius 2 is 1.19 bits per heavy atom. The second-order valence-electron chi connectivity index (χ2n) is 9.71. The van der Waals surface area contributed by atoms with E-state index in [0.29, 0.717) is 0 Å². The van der Waals surface area contributed by atoms with Crippen LogP contribution in [0.3, 0.4) is 0 Å². The Morgan fingerprint density at radius 1 is 0.625 bits per heavy atom. The molecule has 3 rings (SSSR count). The summed E-state index contributed by atoms with van der Waals surface area (Å²) >= 11 is 6.21. The molecule has 0 fully saturated rings. The molecular weight excluding hydrogens is 410 g/mol. The number of hydrogen-bond acceptors (Lipinski definition) is 0. The molecule has 1 nitrogen and oxygen atoms in total. The Balaban J connectivity index is 1.22. The summed E-state index contributed by atoms with van der Waals surface area (Å²) < 4.78 is 0. The third-order valence-electron chi connectivity index (χ3n) is 6.98. The number of aromatic nitrogens is 1. The maximum Gasteiger partial charge on any atom is 0.0497 e. The number of aromatic amines is 1. The molecule has 0 saturated carbocycles. The van der Waals surface area contributed by atoms with Crippen molar-refractivity contribution >= 4 is 33.4 Å². The van der Waals surface area contributed by atoms with E-state index in [1.54, 1.807) is 0 Å². The zero-order valence-corrected chi connectivity index (χ0v) is 21.1. The average molecular weight is 454 g/mol. The van der Waals surface area contributed by atoms with Gasteiger partial charge in [0.1, 0.15) is 0 Å². The summed E-state index contributed by atoms with van der Waals surface area (Å²) in [5.74, 6) is 0. The van der Waals surface area contributed by atoms with E-state index in [9.17, 15) is 0 Å². The van der Waals surface area contributed by atoms with Crippen molar-refractivity contribution in [2.45, 2.75) is 116 Å². The molecule has 0 radical (unpaired) electrons. The Bertz CT molecular complexity index is 910. The monoisotopic (exact) mass is 453 g/mol. The molecule has 0 aliphatic carbocycles. The molecule has 0 aliphatic heterocycles. The smallest absolute Gasteiger partial charge is 0.0497 e. The molecule has 2 aromatic carbocycles. The first kappa shape index (κ1) is 25.2. The quantitative estimate of drug-likeness (QED) is 0.195. The summed E-state index contributed by atoms with van der Waals surface area (Å²) in [7, 11) is 0. The molecule has 0 saturated heterocycles. The number of fused-ring (bicyclic) bond motifs is 3. The maximum absolute atomic E-state index is 6.21. The van der Waals surface area contributed by atoms with Crippen molar-refractivity contribution in [2.75, 3.05) is 0 Å². The molecule has 0 unspecified atom stereocenters. The summed E-state index contributed by atoms with van der Waals surface area (Å²) in [6, 6.07) is 12.8. The van der Waals surface area contributed by atoms with Crippen LogP contribution in [0.5, 0.6) is 0 Å². The topological polar surface area (TPSA) is 15.8 Å². The van der Waals surface area contributed by atoms with Crippen molar-refractivity contribution in [3.63, 3.8) is 0 Å². The zero-order chi connectivity index (χ0) is 22.4. The lowest BCUT2D eigenvalue weighted by Crippen LogP contribution is -1.88. The van der Waals surface area contributed by atoms with Crippen LogP contribution >= 0.6 is 11.6 Å². The van der Waals surface area contributed by atoms with Crippen LogP contribution in [0, 0.1) is 0 Å². The molecule has 0 spiro atoms. The van der Waals surface area contributed by atoms with E-state index >= 15 is 0 Å². The fourth-order valence-electron chi connectivity index (χ4n) is 5.03. The molecule has 1 N–H and O–H groups in total. The van der Waals surface area contributed by atoms with E-state index in [1.165, 1.54) is 130 Å². The maximum atomic E-state index is 6.21. The molecule has 1 heterocycles. The largest absolute Gasteiger partial charge is 0.354 e. The number of aryl methyl sites for hydroxylation is 1. The minimum absolute atomic E-state index is 0.807. The van der Waals surface area contributed by atoms with Crippen molar-refractivity contribution in [3.05, 3.63) is 47.0 Å². The van der Waals surface area contributed by atoms with Crippen LogP contribution in [0.2, 0.25) is 5.02 Å². The Morgan fingerprint density at radius 3 is 1.78 bits per heavy atom. The normalized spacial score (nSPS) is 11.7. The molecule has 32 heavy (non-hydrogen) atoms. The van der Waals surface area contributed by atoms with Crippen LogP contribution in [-0.2, 0) is 6.42 Å². The van der Waals surface area contributed by atoms with E-state index in [-0.39, 0.29) is 0 Å². The summed E-state index contributed by atoms with van der Waals surface area (Å²) in [4.78, 5) is 3.62. The van der Waals surface area contributed by atoms with E-state index < -0.39 is 0 Å². The number of rotatable bonds is 17. The third kappa shape index (κ3) is 8.14. The van der Waals surface area contributed by atoms with Crippen LogP contribution in [0.1, 0.15) is 115 Å². The van der Waals surface area contributed by atoms with Gasteiger partial charge >= 0.3 is 0 Å². The van der Waals surface area contributed by atoms with Gasteiger partial charge in [0.2, 0.25) is 0 Å². The van der Waals surface area contributed by atoms with Crippen molar-refractivity contribution in [3.8, 4) is 0 Å². The summed E-state index contributed by atoms with van der Waals surface area (Å²) in [5, 5.41) is 3.35. The lowest BCUT2D eigenvalue weighted by Gasteiger charge is -2.05. The first-order chi connectivity index (χ1) is 15.8. The zero-order valence-electron chi connectivity index (χ0n) is 20.4. The summed E-state index contributed by atoms with van der Waals surface area (Å²) in [6.45, 7) is 2.30. The molecular formula is C30H44ClN. The van der Waals surface area contributed by atoms with Gasteiger partial charge in [-0.3, -0.25) is 0 Å². The van der Waals surface area contributed by atoms with Gasteiger partial charge in [0.25, 0.3) is 0 Å². The van der Waals surface area contributed by atoms with Crippen molar-refractivity contribution in [2.24, 2.45) is 0 Å². The van der Waals surface area contributed by atoms with Gasteiger partial charge in [-0.15, -0.1) is 0 Å². The Hall–Kier alpha value is -1.47. The van der Waals surface area contributed by atoms with Gasteiger partial charge in [0, 0.05) is 26.8 Å². The second kappa shape index (κ2) is 14.6. The number of hydrogen-bond donors (Lipinski definition) is 1. The van der Waals surface area contributed by atoms with Crippen molar-refractivity contribution in [1.29, 1.82) is 0 Å². The van der Waals surface area contributed by atoms with E-state index in [2.05, 4.69) is 42.2 Å². The predicted octanol–water partition coefficient (Wildman–Crippen LogP) is 10.8. The molecule has 3 aromatic rings. The number of nitrogens with one attached hydrogen (secondary N) is 1. The van der Waals surface area contributed by atoms with Gasteiger partial charge in [0.15, 0.2) is 0 Å². The lowest BCUT2D eigenvalue weighted by molar-refractivity contribution is 0.529. The van der Waals surface area contributed by atoms with Crippen LogP contribution in [0.25, 0.3) is 21.8 Å². The van der Waals surface area contributed by atoms with Crippen LogP contribution in [0.15, 0.2) is 36.4 Å². The summed E-state index contributed by atoms with van der Waals surface area (Å²) in [5.41, 5.74) is 3.93. The molecule has 0 amide bonds. The van der Waals surface area contributed by atoms with Gasteiger partial charge < -0.3 is 4.98 Å². The van der Waals surface area contributed by atoms with Crippen molar-refractivity contribution < 1.29 is 0 Å². The molecule has 2 heteroatoms. The fourth-order valence-corrected chi connectivity index (χ4v) is 5.20. The number of unbranched alkanes of at least 4 members (excludes halogenated alkanes) is 15. The first-order valence-corrected chi connectivity index (χ1v) is 13.9. The fraction of sp³-hybridized carbons (Fsp3) is 0.600. The average Bonchev–Trinajstić information content (AvgIpc) is 3.17. The number of halogens is 1. The molecule has 0 aliphatic rings. The van der Waals surface area contributed by atoms with Gasteiger partial charge in [-0.25, -0.2) is 0 Å².